The van der Waals surface area contributed by atoms with E-state index in [0.717, 1.165) is 0 Å². The van der Waals surface area contributed by atoms with Crippen LogP contribution in [-0.4, -0.2) is 74.8 Å². The minimum Gasteiger partial charge on any atom is -0.394 e. The molecule has 0 saturated carbocycles. The molecule has 2 rings (SSSR count). The summed E-state index contributed by atoms with van der Waals surface area (Å²) in [4.78, 5) is 14.3. The van der Waals surface area contributed by atoms with Crippen molar-refractivity contribution in [2.24, 2.45) is 5.92 Å². The van der Waals surface area contributed by atoms with E-state index in [4.69, 9.17) is 16.3 Å². The SMILES string of the molecule is CO[C@H](CN(C)S(=O)(=O)c1cccc(Cl)c1)[C@H](C)CN(C(=O)Nc1ccccc1F)[C@H](C)CO. The lowest BCUT2D eigenvalue weighted by atomic mass is 10.0. The molecule has 2 amide bonds. The summed E-state index contributed by atoms with van der Waals surface area (Å²) in [5.74, 6) is -0.912. The molecule has 0 aromatic heterocycles. The molecule has 2 aromatic carbocycles. The van der Waals surface area contributed by atoms with Crippen LogP contribution in [0, 0.1) is 11.7 Å². The van der Waals surface area contributed by atoms with Crippen molar-refractivity contribution >= 4 is 33.3 Å². The molecule has 188 valence electrons. The first-order valence-corrected chi connectivity index (χ1v) is 12.5. The van der Waals surface area contributed by atoms with Gasteiger partial charge in [-0.1, -0.05) is 36.7 Å². The third-order valence-corrected chi connectivity index (χ3v) is 7.59. The Hall–Kier alpha value is -2.24. The quantitative estimate of drug-likeness (QED) is 0.476. The first-order valence-electron chi connectivity index (χ1n) is 10.7. The molecular formula is C23H31ClFN3O5S. The number of carbonyl (C=O) groups is 1. The maximum absolute atomic E-state index is 14.0. The van der Waals surface area contributed by atoms with Crippen LogP contribution in [0.3, 0.4) is 0 Å². The minimum atomic E-state index is -3.82. The molecule has 0 radical (unpaired) electrons. The van der Waals surface area contributed by atoms with E-state index < -0.39 is 34.0 Å². The van der Waals surface area contributed by atoms with Crippen LogP contribution in [0.15, 0.2) is 53.4 Å². The molecule has 0 fully saturated rings. The Labute approximate surface area is 205 Å². The van der Waals surface area contributed by atoms with Gasteiger partial charge in [0, 0.05) is 38.2 Å². The third kappa shape index (κ3) is 7.13. The van der Waals surface area contributed by atoms with Gasteiger partial charge in [0.15, 0.2) is 0 Å². The molecule has 3 atom stereocenters. The fourth-order valence-corrected chi connectivity index (χ4v) is 4.87. The van der Waals surface area contributed by atoms with Crippen LogP contribution < -0.4 is 5.32 Å². The van der Waals surface area contributed by atoms with E-state index in [2.05, 4.69) is 5.32 Å². The van der Waals surface area contributed by atoms with E-state index in [1.807, 2.05) is 6.92 Å². The maximum atomic E-state index is 14.0. The van der Waals surface area contributed by atoms with Crippen LogP contribution >= 0.6 is 11.6 Å². The lowest BCUT2D eigenvalue weighted by Gasteiger charge is -2.34. The van der Waals surface area contributed by atoms with Gasteiger partial charge >= 0.3 is 6.03 Å². The normalized spacial score (nSPS) is 14.5. The van der Waals surface area contributed by atoms with E-state index in [1.165, 1.54) is 53.7 Å². The monoisotopic (exact) mass is 515 g/mol. The van der Waals surface area contributed by atoms with Gasteiger partial charge in [-0.15, -0.1) is 0 Å². The highest BCUT2D eigenvalue weighted by Crippen LogP contribution is 2.21. The number of ether oxygens (including phenoxy) is 1. The lowest BCUT2D eigenvalue weighted by Crippen LogP contribution is -2.49. The average Bonchev–Trinajstić information content (AvgIpc) is 2.81. The molecule has 2 N–H and O–H groups in total. The van der Waals surface area contributed by atoms with Crippen molar-refractivity contribution < 1.29 is 27.4 Å². The standard InChI is InChI=1S/C23H31ClFN3O5S/c1-16(13-28(17(2)15-29)23(30)26-21-11-6-5-10-20(21)25)22(33-4)14-27(3)34(31,32)19-9-7-8-18(24)12-19/h5-12,16-17,22,29H,13-15H2,1-4H3,(H,26,30)/t16-,17-,22-/m1/s1. The zero-order valence-corrected chi connectivity index (χ0v) is 21.2. The van der Waals surface area contributed by atoms with Gasteiger partial charge in [-0.25, -0.2) is 17.6 Å². The van der Waals surface area contributed by atoms with E-state index in [1.54, 1.807) is 25.1 Å². The van der Waals surface area contributed by atoms with Gasteiger partial charge in [-0.05, 0) is 37.3 Å². The topological polar surface area (TPSA) is 99.2 Å². The summed E-state index contributed by atoms with van der Waals surface area (Å²) >= 11 is 5.94. The van der Waals surface area contributed by atoms with E-state index in [0.29, 0.717) is 5.02 Å². The number of urea groups is 1. The number of methoxy groups -OCH3 is 1. The number of sulfonamides is 1. The molecule has 0 aliphatic rings. The maximum Gasteiger partial charge on any atom is 0.322 e. The number of aliphatic hydroxyl groups is 1. The molecule has 11 heteroatoms. The van der Waals surface area contributed by atoms with E-state index in [9.17, 15) is 22.7 Å². The Balaban J connectivity index is 2.15. The Morgan fingerprint density at radius 2 is 1.85 bits per heavy atom. The van der Waals surface area contributed by atoms with Gasteiger partial charge in [-0.2, -0.15) is 4.31 Å². The summed E-state index contributed by atoms with van der Waals surface area (Å²) < 4.78 is 46.6. The number of nitrogens with one attached hydrogen (secondary N) is 1. The molecule has 0 unspecified atom stereocenters. The summed E-state index contributed by atoms with van der Waals surface area (Å²) in [5, 5.41) is 12.5. The van der Waals surface area contributed by atoms with E-state index in [-0.39, 0.29) is 36.2 Å². The van der Waals surface area contributed by atoms with Crippen LogP contribution in [0.2, 0.25) is 5.02 Å². The highest BCUT2D eigenvalue weighted by Gasteiger charge is 2.30. The van der Waals surface area contributed by atoms with Crippen LogP contribution in [0.4, 0.5) is 14.9 Å². The van der Waals surface area contributed by atoms with Gasteiger partial charge in [0.1, 0.15) is 5.82 Å². The number of halogens is 2. The van der Waals surface area contributed by atoms with Crippen LogP contribution in [0.25, 0.3) is 0 Å². The number of aliphatic hydroxyl groups excluding tert-OH is 1. The summed E-state index contributed by atoms with van der Waals surface area (Å²) in [6, 6.07) is 10.6. The van der Waals surface area contributed by atoms with Gasteiger partial charge in [-0.3, -0.25) is 0 Å². The Bertz CT molecular complexity index is 1070. The predicted octanol–water partition coefficient (Wildman–Crippen LogP) is 3.67. The number of anilines is 1. The van der Waals surface area contributed by atoms with Crippen LogP contribution in [0.5, 0.6) is 0 Å². The van der Waals surface area contributed by atoms with Gasteiger partial charge in [0.05, 0.1) is 29.3 Å². The van der Waals surface area contributed by atoms with Crippen LogP contribution in [-0.2, 0) is 14.8 Å². The van der Waals surface area contributed by atoms with E-state index >= 15 is 0 Å². The molecule has 0 heterocycles. The summed E-state index contributed by atoms with van der Waals surface area (Å²) in [7, 11) is -0.920. The van der Waals surface area contributed by atoms with Crippen molar-refractivity contribution in [2.45, 2.75) is 30.9 Å². The third-order valence-electron chi connectivity index (χ3n) is 5.54. The Morgan fingerprint density at radius 3 is 2.44 bits per heavy atom. The highest BCUT2D eigenvalue weighted by atomic mass is 35.5. The Morgan fingerprint density at radius 1 is 1.18 bits per heavy atom. The van der Waals surface area contributed by atoms with Crippen molar-refractivity contribution in [3.8, 4) is 0 Å². The molecule has 0 aliphatic heterocycles. The highest BCUT2D eigenvalue weighted by molar-refractivity contribution is 7.89. The largest absolute Gasteiger partial charge is 0.394 e. The van der Waals surface area contributed by atoms with Crippen molar-refractivity contribution in [3.05, 3.63) is 59.4 Å². The second-order valence-electron chi connectivity index (χ2n) is 8.09. The molecule has 0 aliphatic carbocycles. The first-order chi connectivity index (χ1) is 16.0. The summed E-state index contributed by atoms with van der Waals surface area (Å²) in [6.45, 7) is 3.30. The summed E-state index contributed by atoms with van der Waals surface area (Å²) in [6.07, 6.45) is -0.575. The Kier molecular flexibility index (Phi) is 10.3. The number of likely N-dealkylation sites (N-methyl/N-ethyl adjacent to an activating group) is 1. The molecule has 0 spiro atoms. The van der Waals surface area contributed by atoms with Crippen molar-refractivity contribution in [1.29, 1.82) is 0 Å². The second-order valence-corrected chi connectivity index (χ2v) is 10.6. The molecular weight excluding hydrogens is 485 g/mol. The average molecular weight is 516 g/mol. The molecule has 0 bridgehead atoms. The number of amides is 2. The zero-order valence-electron chi connectivity index (χ0n) is 19.6. The number of rotatable bonds is 11. The zero-order chi connectivity index (χ0) is 25.5. The predicted molar refractivity (Wildman–Crippen MR) is 130 cm³/mol. The summed E-state index contributed by atoms with van der Waals surface area (Å²) in [5.41, 5.74) is 0.0194. The number of benzene rings is 2. The van der Waals surface area contributed by atoms with Crippen LogP contribution in [0.1, 0.15) is 13.8 Å². The van der Waals surface area contributed by atoms with Gasteiger partial charge in [0.25, 0.3) is 0 Å². The number of carbonyl (C=O) groups excluding carboxylic acids is 1. The molecule has 2 aromatic rings. The number of para-hydroxylation sites is 1. The van der Waals surface area contributed by atoms with Gasteiger partial charge < -0.3 is 20.1 Å². The smallest absolute Gasteiger partial charge is 0.322 e. The fraction of sp³-hybridized carbons (Fsp3) is 0.435. The molecule has 0 saturated heterocycles. The van der Waals surface area contributed by atoms with Gasteiger partial charge in [0.2, 0.25) is 10.0 Å². The number of nitrogens with zero attached hydrogens (tertiary/aromatic N) is 2. The molecule has 8 nitrogen and oxygen atoms in total. The van der Waals surface area contributed by atoms with Crippen molar-refractivity contribution in [1.82, 2.24) is 9.21 Å². The fourth-order valence-electron chi connectivity index (χ4n) is 3.38. The number of hydrogen-bond donors (Lipinski definition) is 2. The second kappa shape index (κ2) is 12.5. The lowest BCUT2D eigenvalue weighted by molar-refractivity contribution is 0.0305. The van der Waals surface area contributed by atoms with Crippen molar-refractivity contribution in [2.75, 3.05) is 39.2 Å². The molecule has 34 heavy (non-hydrogen) atoms. The first kappa shape index (κ1) is 28.0. The van der Waals surface area contributed by atoms with Crippen molar-refractivity contribution in [3.63, 3.8) is 0 Å². The number of hydrogen-bond acceptors (Lipinski definition) is 5. The minimum absolute atomic E-state index is 0.0167.